The van der Waals surface area contributed by atoms with E-state index in [1.165, 1.54) is 12.0 Å². The molecule has 0 fully saturated rings. The molecule has 76 valence electrons. The average Bonchev–Trinajstić information content (AvgIpc) is 2.19. The van der Waals surface area contributed by atoms with E-state index in [-0.39, 0.29) is 0 Å². The van der Waals surface area contributed by atoms with E-state index in [4.69, 9.17) is 9.47 Å². The fourth-order valence-corrected chi connectivity index (χ4v) is 1.67. The van der Waals surface area contributed by atoms with Crippen molar-refractivity contribution in [3.05, 3.63) is 11.6 Å². The van der Waals surface area contributed by atoms with Gasteiger partial charge in [-0.2, -0.15) is 0 Å². The molecule has 2 nitrogen and oxygen atoms in total. The zero-order valence-corrected chi connectivity index (χ0v) is 8.71. The van der Waals surface area contributed by atoms with Gasteiger partial charge in [0.15, 0.2) is 0 Å². The van der Waals surface area contributed by atoms with Crippen LogP contribution in [-0.4, -0.2) is 26.4 Å². The molecule has 13 heavy (non-hydrogen) atoms. The third-order valence-corrected chi connectivity index (χ3v) is 2.49. The molecule has 0 spiro atoms. The lowest BCUT2D eigenvalue weighted by Gasteiger charge is -2.19. The van der Waals surface area contributed by atoms with Gasteiger partial charge in [-0.05, 0) is 19.3 Å². The lowest BCUT2D eigenvalue weighted by atomic mass is 10.0. The van der Waals surface area contributed by atoms with Gasteiger partial charge in [-0.25, -0.2) is 0 Å². The molecule has 1 atom stereocenters. The van der Waals surface area contributed by atoms with E-state index in [0.29, 0.717) is 6.10 Å². The molecule has 0 N–H and O–H groups in total. The zero-order chi connectivity index (χ0) is 9.52. The van der Waals surface area contributed by atoms with Crippen LogP contribution in [0, 0.1) is 0 Å². The third-order valence-electron chi connectivity index (χ3n) is 2.49. The summed E-state index contributed by atoms with van der Waals surface area (Å²) >= 11 is 0. The lowest BCUT2D eigenvalue weighted by Crippen LogP contribution is -2.14. The summed E-state index contributed by atoms with van der Waals surface area (Å²) in [5.41, 5.74) is 1.51. The number of ether oxygens (including phenoxy) is 2. The Bertz CT molecular complexity index is 163. The molecule has 0 bridgehead atoms. The predicted molar refractivity (Wildman–Crippen MR) is 53.8 cm³/mol. The maximum atomic E-state index is 5.41. The first kappa shape index (κ1) is 10.7. The van der Waals surface area contributed by atoms with E-state index >= 15 is 0 Å². The Balaban J connectivity index is 2.31. The fourth-order valence-electron chi connectivity index (χ4n) is 1.67. The highest BCUT2D eigenvalue weighted by molar-refractivity contribution is 5.05. The normalized spacial score (nSPS) is 19.7. The Morgan fingerprint density at radius 3 is 3.00 bits per heavy atom. The van der Waals surface area contributed by atoms with Crippen LogP contribution in [0.1, 0.15) is 32.6 Å². The Morgan fingerprint density at radius 2 is 2.46 bits per heavy atom. The van der Waals surface area contributed by atoms with Gasteiger partial charge in [-0.3, -0.25) is 0 Å². The largest absolute Gasteiger partial charge is 0.381 e. The summed E-state index contributed by atoms with van der Waals surface area (Å²) in [6.45, 7) is 3.87. The second-order valence-electron chi connectivity index (χ2n) is 3.54. The quantitative estimate of drug-likeness (QED) is 0.611. The maximum Gasteiger partial charge on any atom is 0.0650 e. The third kappa shape index (κ3) is 3.92. The zero-order valence-electron chi connectivity index (χ0n) is 8.71. The molecular formula is C11H20O2. The Kier molecular flexibility index (Phi) is 5.09. The standard InChI is InChI=1S/C11H20O2/c1-3-4-11(12-2)9-10-5-7-13-8-6-10/h5,11H,3-4,6-9H2,1-2H3. The number of hydrogen-bond acceptors (Lipinski definition) is 2. The van der Waals surface area contributed by atoms with Crippen LogP contribution >= 0.6 is 0 Å². The first-order valence-electron chi connectivity index (χ1n) is 5.15. The summed E-state index contributed by atoms with van der Waals surface area (Å²) in [6.07, 6.45) is 7.15. The second-order valence-corrected chi connectivity index (χ2v) is 3.54. The molecule has 1 aliphatic heterocycles. The van der Waals surface area contributed by atoms with Crippen molar-refractivity contribution < 1.29 is 9.47 Å². The van der Waals surface area contributed by atoms with Gasteiger partial charge in [-0.1, -0.05) is 25.0 Å². The molecule has 1 rings (SSSR count). The van der Waals surface area contributed by atoms with Gasteiger partial charge in [0.2, 0.25) is 0 Å². The van der Waals surface area contributed by atoms with E-state index < -0.39 is 0 Å². The van der Waals surface area contributed by atoms with Crippen molar-refractivity contribution in [1.29, 1.82) is 0 Å². The van der Waals surface area contributed by atoms with Crippen LogP contribution < -0.4 is 0 Å². The highest BCUT2D eigenvalue weighted by atomic mass is 16.5. The lowest BCUT2D eigenvalue weighted by molar-refractivity contribution is 0.0895. The summed E-state index contributed by atoms with van der Waals surface area (Å²) in [5, 5.41) is 0. The number of rotatable bonds is 5. The van der Waals surface area contributed by atoms with Gasteiger partial charge in [0.25, 0.3) is 0 Å². The summed E-state index contributed by atoms with van der Waals surface area (Å²) in [4.78, 5) is 0. The molecule has 0 aromatic rings. The van der Waals surface area contributed by atoms with Crippen molar-refractivity contribution in [2.24, 2.45) is 0 Å². The van der Waals surface area contributed by atoms with Crippen LogP contribution in [0.25, 0.3) is 0 Å². The molecule has 0 amide bonds. The monoisotopic (exact) mass is 184 g/mol. The SMILES string of the molecule is CCCC(CC1=CCOCC1)OC. The van der Waals surface area contributed by atoms with Crippen LogP contribution in [0.4, 0.5) is 0 Å². The first-order valence-corrected chi connectivity index (χ1v) is 5.15. The molecular weight excluding hydrogens is 164 g/mol. The molecule has 0 aromatic heterocycles. The summed E-state index contributed by atoms with van der Waals surface area (Å²) in [5.74, 6) is 0. The molecule has 1 unspecified atom stereocenters. The summed E-state index contributed by atoms with van der Waals surface area (Å²) < 4.78 is 10.7. The maximum absolute atomic E-state index is 5.41. The van der Waals surface area contributed by atoms with Crippen molar-refractivity contribution in [2.75, 3.05) is 20.3 Å². The molecule has 0 aromatic carbocycles. The Hall–Kier alpha value is -0.340. The molecule has 0 saturated heterocycles. The fraction of sp³-hybridized carbons (Fsp3) is 0.818. The molecule has 0 radical (unpaired) electrons. The van der Waals surface area contributed by atoms with Gasteiger partial charge in [0.05, 0.1) is 19.3 Å². The van der Waals surface area contributed by atoms with E-state index in [1.54, 1.807) is 7.11 Å². The predicted octanol–water partition coefficient (Wildman–Crippen LogP) is 2.54. The van der Waals surface area contributed by atoms with E-state index in [2.05, 4.69) is 13.0 Å². The van der Waals surface area contributed by atoms with E-state index in [9.17, 15) is 0 Å². The molecule has 1 heterocycles. The molecule has 0 saturated carbocycles. The smallest absolute Gasteiger partial charge is 0.0650 e. The number of hydrogen-bond donors (Lipinski definition) is 0. The highest BCUT2D eigenvalue weighted by Crippen LogP contribution is 2.18. The van der Waals surface area contributed by atoms with Gasteiger partial charge in [-0.15, -0.1) is 0 Å². The van der Waals surface area contributed by atoms with Crippen LogP contribution in [0.15, 0.2) is 11.6 Å². The van der Waals surface area contributed by atoms with Crippen molar-refractivity contribution in [3.8, 4) is 0 Å². The topological polar surface area (TPSA) is 18.5 Å². The van der Waals surface area contributed by atoms with Crippen molar-refractivity contribution in [3.63, 3.8) is 0 Å². The van der Waals surface area contributed by atoms with Crippen molar-refractivity contribution >= 4 is 0 Å². The highest BCUT2D eigenvalue weighted by Gasteiger charge is 2.11. The summed E-state index contributed by atoms with van der Waals surface area (Å²) in [6, 6.07) is 0. The first-order chi connectivity index (χ1) is 6.36. The minimum absolute atomic E-state index is 0.411. The van der Waals surface area contributed by atoms with Gasteiger partial charge >= 0.3 is 0 Å². The van der Waals surface area contributed by atoms with Gasteiger partial charge in [0.1, 0.15) is 0 Å². The Labute approximate surface area is 80.9 Å². The van der Waals surface area contributed by atoms with Crippen LogP contribution in [0.3, 0.4) is 0 Å². The van der Waals surface area contributed by atoms with E-state index in [1.807, 2.05) is 0 Å². The van der Waals surface area contributed by atoms with Crippen LogP contribution in [0.2, 0.25) is 0 Å². The minimum atomic E-state index is 0.411. The van der Waals surface area contributed by atoms with Gasteiger partial charge in [0, 0.05) is 7.11 Å². The van der Waals surface area contributed by atoms with Gasteiger partial charge < -0.3 is 9.47 Å². The molecule has 2 heteroatoms. The average molecular weight is 184 g/mol. The van der Waals surface area contributed by atoms with Crippen molar-refractivity contribution in [2.45, 2.75) is 38.7 Å². The minimum Gasteiger partial charge on any atom is -0.381 e. The summed E-state index contributed by atoms with van der Waals surface area (Å²) in [7, 11) is 1.81. The van der Waals surface area contributed by atoms with E-state index in [0.717, 1.165) is 32.5 Å². The van der Waals surface area contributed by atoms with Crippen molar-refractivity contribution in [1.82, 2.24) is 0 Å². The second kappa shape index (κ2) is 6.17. The molecule has 1 aliphatic rings. The number of methoxy groups -OCH3 is 1. The van der Waals surface area contributed by atoms with Crippen LogP contribution in [0.5, 0.6) is 0 Å². The van der Waals surface area contributed by atoms with Crippen LogP contribution in [-0.2, 0) is 9.47 Å². The Morgan fingerprint density at radius 1 is 1.62 bits per heavy atom. The molecule has 0 aliphatic carbocycles.